The van der Waals surface area contributed by atoms with Crippen molar-refractivity contribution in [2.24, 2.45) is 5.73 Å². The van der Waals surface area contributed by atoms with E-state index < -0.39 is 28.7 Å². The van der Waals surface area contributed by atoms with Gasteiger partial charge in [-0.2, -0.15) is 8.42 Å². The molecule has 0 aliphatic carbocycles. The molecule has 0 aromatic carbocycles. The van der Waals surface area contributed by atoms with E-state index in [1.807, 2.05) is 0 Å². The molecular formula is C3H6FNO4S. The Morgan fingerprint density at radius 3 is 2.40 bits per heavy atom. The molecule has 0 fully saturated rings. The molecule has 0 aromatic heterocycles. The molecule has 60 valence electrons. The van der Waals surface area contributed by atoms with E-state index in [2.05, 4.69) is 10.5 Å². The number of amides is 1. The van der Waals surface area contributed by atoms with Crippen LogP contribution in [0.2, 0.25) is 0 Å². The minimum absolute atomic E-state index is 0.547. The van der Waals surface area contributed by atoms with E-state index in [0.29, 0.717) is 0 Å². The van der Waals surface area contributed by atoms with E-state index in [0.717, 1.165) is 0 Å². The number of carbonyl (C=O) groups is 1. The van der Waals surface area contributed by atoms with Crippen LogP contribution in [0.4, 0.5) is 8.68 Å². The molecule has 0 unspecified atom stereocenters. The first-order valence-corrected chi connectivity index (χ1v) is 3.81. The van der Waals surface area contributed by atoms with Gasteiger partial charge in [-0.1, -0.05) is 0 Å². The lowest BCUT2D eigenvalue weighted by atomic mass is 10.9. The molecule has 0 aliphatic rings. The number of nitrogens with two attached hydrogens (primary N) is 1. The van der Waals surface area contributed by atoms with Crippen molar-refractivity contribution < 1.29 is 21.8 Å². The molecule has 7 heteroatoms. The number of carbonyl (C=O) groups excluding carboxylic acids is 1. The lowest BCUT2D eigenvalue weighted by Gasteiger charge is -1.95. The summed E-state index contributed by atoms with van der Waals surface area (Å²) < 4.78 is 34.9. The van der Waals surface area contributed by atoms with E-state index in [1.54, 1.807) is 0 Å². The summed E-state index contributed by atoms with van der Waals surface area (Å²) in [5, 5.41) is 0. The van der Waals surface area contributed by atoms with Crippen LogP contribution < -0.4 is 5.73 Å². The molecule has 0 atom stereocenters. The Balaban J connectivity index is 3.49. The molecule has 0 radical (unpaired) electrons. The predicted octanol–water partition coefficient (Wildman–Crippen LogP) is -0.619. The van der Waals surface area contributed by atoms with Gasteiger partial charge in [0, 0.05) is 0 Å². The average molecular weight is 171 g/mol. The second-order valence-electron chi connectivity index (χ2n) is 1.41. The first-order chi connectivity index (χ1) is 4.42. The smallest absolute Gasteiger partial charge is 0.404 e. The third kappa shape index (κ3) is 7.15. The van der Waals surface area contributed by atoms with Gasteiger partial charge in [0.05, 0.1) is 0 Å². The molecule has 0 rings (SSSR count). The molecule has 5 nitrogen and oxygen atoms in total. The highest BCUT2D eigenvalue weighted by Gasteiger charge is 2.07. The molecule has 0 aromatic rings. The number of hydrogen-bond donors (Lipinski definition) is 1. The molecule has 10 heavy (non-hydrogen) atoms. The minimum Gasteiger partial charge on any atom is -0.449 e. The maximum absolute atomic E-state index is 11.6. The van der Waals surface area contributed by atoms with E-state index in [4.69, 9.17) is 0 Å². The summed E-state index contributed by atoms with van der Waals surface area (Å²) >= 11 is 0. The summed E-state index contributed by atoms with van der Waals surface area (Å²) in [7, 11) is -4.55. The van der Waals surface area contributed by atoms with Gasteiger partial charge in [0.15, 0.2) is 0 Å². The minimum atomic E-state index is -4.55. The van der Waals surface area contributed by atoms with Crippen LogP contribution in [0.15, 0.2) is 0 Å². The van der Waals surface area contributed by atoms with Gasteiger partial charge in [-0.25, -0.2) is 4.79 Å². The Labute approximate surface area is 57.2 Å². The van der Waals surface area contributed by atoms with Crippen LogP contribution in [0, 0.1) is 0 Å². The van der Waals surface area contributed by atoms with Crippen molar-refractivity contribution in [3.8, 4) is 0 Å². The maximum Gasteiger partial charge on any atom is 0.404 e. The Bertz CT molecular complexity index is 211. The molecule has 0 saturated carbocycles. The molecule has 1 amide bonds. The summed E-state index contributed by atoms with van der Waals surface area (Å²) in [5.74, 6) is -0.851. The lowest BCUT2D eigenvalue weighted by Crippen LogP contribution is -2.17. The number of halogens is 1. The topological polar surface area (TPSA) is 86.5 Å². The third-order valence-corrected chi connectivity index (χ3v) is 1.23. The molecule has 0 aliphatic heterocycles. The van der Waals surface area contributed by atoms with E-state index in [9.17, 15) is 17.1 Å². The van der Waals surface area contributed by atoms with Gasteiger partial charge >= 0.3 is 16.3 Å². The van der Waals surface area contributed by atoms with Gasteiger partial charge in [-0.15, -0.1) is 3.89 Å². The van der Waals surface area contributed by atoms with Crippen molar-refractivity contribution in [1.82, 2.24) is 0 Å². The second kappa shape index (κ2) is 3.35. The van der Waals surface area contributed by atoms with Crippen LogP contribution in [0.3, 0.4) is 0 Å². The fraction of sp³-hybridized carbons (Fsp3) is 0.667. The normalized spacial score (nSPS) is 10.9. The Morgan fingerprint density at radius 1 is 1.60 bits per heavy atom. The number of hydrogen-bond acceptors (Lipinski definition) is 4. The van der Waals surface area contributed by atoms with E-state index in [1.165, 1.54) is 0 Å². The Morgan fingerprint density at radius 2 is 2.10 bits per heavy atom. The quantitative estimate of drug-likeness (QED) is 0.573. The van der Waals surface area contributed by atoms with Crippen LogP contribution in [0.5, 0.6) is 0 Å². The van der Waals surface area contributed by atoms with Crippen molar-refractivity contribution in [3.05, 3.63) is 0 Å². The summed E-state index contributed by atoms with van der Waals surface area (Å²) in [6.07, 6.45) is -1.12. The van der Waals surface area contributed by atoms with Crippen molar-refractivity contribution in [1.29, 1.82) is 0 Å². The number of primary amides is 1. The lowest BCUT2D eigenvalue weighted by molar-refractivity contribution is 0.163. The van der Waals surface area contributed by atoms with Crippen LogP contribution in [0.1, 0.15) is 0 Å². The number of ether oxygens (including phenoxy) is 1. The monoisotopic (exact) mass is 171 g/mol. The predicted molar refractivity (Wildman–Crippen MR) is 30.4 cm³/mol. The largest absolute Gasteiger partial charge is 0.449 e. The first-order valence-electron chi connectivity index (χ1n) is 2.26. The van der Waals surface area contributed by atoms with Gasteiger partial charge < -0.3 is 10.5 Å². The number of rotatable bonds is 3. The summed E-state index contributed by atoms with van der Waals surface area (Å²) in [6, 6.07) is 0. The van der Waals surface area contributed by atoms with E-state index >= 15 is 0 Å². The SMILES string of the molecule is NC(=O)OCCS(=O)(=O)F. The summed E-state index contributed by atoms with van der Waals surface area (Å²) in [4.78, 5) is 9.77. The molecule has 0 heterocycles. The average Bonchev–Trinajstić information content (AvgIpc) is 1.59. The molecule has 0 bridgehead atoms. The van der Waals surface area contributed by atoms with Crippen LogP contribution in [-0.4, -0.2) is 26.9 Å². The van der Waals surface area contributed by atoms with Crippen LogP contribution >= 0.6 is 0 Å². The highest BCUT2D eigenvalue weighted by atomic mass is 32.3. The molecule has 0 spiro atoms. The van der Waals surface area contributed by atoms with Crippen LogP contribution in [0.25, 0.3) is 0 Å². The van der Waals surface area contributed by atoms with Crippen molar-refractivity contribution in [2.75, 3.05) is 12.4 Å². The van der Waals surface area contributed by atoms with Gasteiger partial charge in [0.2, 0.25) is 0 Å². The zero-order valence-electron chi connectivity index (χ0n) is 4.91. The second-order valence-corrected chi connectivity index (χ2v) is 2.90. The van der Waals surface area contributed by atoms with Crippen molar-refractivity contribution in [3.63, 3.8) is 0 Å². The summed E-state index contributed by atoms with van der Waals surface area (Å²) in [5.41, 5.74) is 4.44. The fourth-order valence-electron chi connectivity index (χ4n) is 0.242. The Hall–Kier alpha value is -0.850. The zero-order valence-corrected chi connectivity index (χ0v) is 5.73. The molecular weight excluding hydrogens is 165 g/mol. The first kappa shape index (κ1) is 9.15. The highest BCUT2D eigenvalue weighted by molar-refractivity contribution is 7.86. The van der Waals surface area contributed by atoms with Gasteiger partial charge in [0.25, 0.3) is 0 Å². The van der Waals surface area contributed by atoms with Crippen LogP contribution in [-0.2, 0) is 15.0 Å². The van der Waals surface area contributed by atoms with Crippen molar-refractivity contribution in [2.45, 2.75) is 0 Å². The molecule has 2 N–H and O–H groups in total. The fourth-order valence-corrected chi connectivity index (χ4v) is 0.524. The van der Waals surface area contributed by atoms with E-state index in [-0.39, 0.29) is 0 Å². The van der Waals surface area contributed by atoms with Gasteiger partial charge in [-0.3, -0.25) is 0 Å². The third-order valence-electron chi connectivity index (χ3n) is 0.571. The standard InChI is InChI=1S/C3H6FNO4S/c4-10(7,8)2-1-9-3(5)6/h1-2H2,(H2,5,6). The van der Waals surface area contributed by atoms with Gasteiger partial charge in [-0.05, 0) is 0 Å². The Kier molecular flexibility index (Phi) is 3.07. The highest BCUT2D eigenvalue weighted by Crippen LogP contribution is 1.89. The van der Waals surface area contributed by atoms with Crippen molar-refractivity contribution >= 4 is 16.3 Å². The molecule has 0 saturated heterocycles. The maximum atomic E-state index is 11.6. The summed E-state index contributed by atoms with van der Waals surface area (Å²) in [6.45, 7) is -0.547. The van der Waals surface area contributed by atoms with Gasteiger partial charge in [0.1, 0.15) is 12.4 Å². The zero-order chi connectivity index (χ0) is 8.20.